The van der Waals surface area contributed by atoms with E-state index in [2.05, 4.69) is 50.2 Å². The molecule has 7 rings (SSSR count). The van der Waals surface area contributed by atoms with Gasteiger partial charge in [0.05, 0.1) is 33.6 Å². The minimum absolute atomic E-state index is 0.468. The van der Waals surface area contributed by atoms with Gasteiger partial charge in [-0.25, -0.2) is 34.9 Å². The number of nitrogen functional groups attached to an aromatic ring is 2. The molecule has 0 unspecified atom stereocenters. The van der Waals surface area contributed by atoms with E-state index in [1.54, 1.807) is 12.4 Å². The summed E-state index contributed by atoms with van der Waals surface area (Å²) in [5.74, 6) is 3.13. The third-order valence-corrected chi connectivity index (χ3v) is 6.98. The molecule has 0 saturated carbocycles. The zero-order valence-electron chi connectivity index (χ0n) is 26.1. The molecule has 5 heterocycles. The lowest BCUT2D eigenvalue weighted by Crippen LogP contribution is -2.09. The Hall–Kier alpha value is -5.73. The molecule has 0 amide bonds. The molecule has 3 aromatic heterocycles. The van der Waals surface area contributed by atoms with Crippen LogP contribution in [0.1, 0.15) is 11.1 Å². The average Bonchev–Trinajstić information content (AvgIpc) is 3.81. The second-order valence-corrected chi connectivity index (χ2v) is 10.6. The number of fused-ring (bicyclic) bond motifs is 5. The molecule has 0 spiro atoms. The van der Waals surface area contributed by atoms with Gasteiger partial charge in [-0.05, 0) is 37.6 Å². The van der Waals surface area contributed by atoms with Crippen molar-refractivity contribution in [2.45, 2.75) is 13.8 Å². The van der Waals surface area contributed by atoms with Gasteiger partial charge in [0.2, 0.25) is 23.8 Å². The second kappa shape index (κ2) is 11.9. The molecule has 228 valence electrons. The molecular weight excluding hydrogens is 558 g/mol. The summed E-state index contributed by atoms with van der Waals surface area (Å²) in [6.07, 6.45) is 3.28. The van der Waals surface area contributed by atoms with Crippen molar-refractivity contribution in [3.8, 4) is 22.8 Å². The predicted octanol–water partition coefficient (Wildman–Crippen LogP) is 3.29. The van der Waals surface area contributed by atoms with E-state index in [0.29, 0.717) is 23.8 Å². The summed E-state index contributed by atoms with van der Waals surface area (Å²) in [4.78, 5) is 40.5. The van der Waals surface area contributed by atoms with Crippen molar-refractivity contribution in [3.63, 3.8) is 0 Å². The fourth-order valence-corrected chi connectivity index (χ4v) is 4.65. The van der Waals surface area contributed by atoms with Crippen LogP contribution in [0, 0.1) is 13.8 Å². The lowest BCUT2D eigenvalue weighted by atomic mass is 10.2. The van der Waals surface area contributed by atoms with Crippen LogP contribution >= 0.6 is 0 Å². The monoisotopic (exact) mass is 595 g/mol. The molecule has 0 fully saturated rings. The Balaban J connectivity index is 0.000000147. The van der Waals surface area contributed by atoms with Crippen LogP contribution in [-0.2, 0) is 7.05 Å². The lowest BCUT2D eigenvalue weighted by Gasteiger charge is -2.05. The molecule has 2 aliphatic carbocycles. The quantitative estimate of drug-likeness (QED) is 0.200. The number of hydrogen-bond donors (Lipinski definition) is 5. The largest absolute Gasteiger partial charge is 0.369 e. The first-order valence-corrected chi connectivity index (χ1v) is 13.8. The van der Waals surface area contributed by atoms with Crippen molar-refractivity contribution in [1.82, 2.24) is 49.4 Å². The number of hydrogen-bond acceptors (Lipinski definition) is 12. The smallest absolute Gasteiger partial charge is 0.226 e. The van der Waals surface area contributed by atoms with Crippen LogP contribution in [0.2, 0.25) is 0 Å². The highest BCUT2D eigenvalue weighted by atomic mass is 15.2. The fourth-order valence-electron chi connectivity index (χ4n) is 4.65. The summed E-state index contributed by atoms with van der Waals surface area (Å²) in [5.41, 5.74) is 20.3. The highest BCUT2D eigenvalue weighted by Crippen LogP contribution is 2.32. The number of aromatic amines is 2. The number of nitrogens with zero attached hydrogens (tertiary/aromatic N) is 10. The SMILES string of the molecule is CNc1nc2c(C)ccc3[nH]c(N(C)C)nc3c-2n1.Cc1c2nc(N(C)C)nc-2ccc2nc(N)n(C)c12.Nc1ncc[nH]1. The minimum atomic E-state index is 0.468. The maximum Gasteiger partial charge on any atom is 0.226 e. The Labute approximate surface area is 254 Å². The highest BCUT2D eigenvalue weighted by Gasteiger charge is 2.19. The molecule has 7 N–H and O–H groups in total. The first-order valence-electron chi connectivity index (χ1n) is 13.8. The highest BCUT2D eigenvalue weighted by molar-refractivity contribution is 5.92. The second-order valence-electron chi connectivity index (χ2n) is 10.6. The molecule has 4 aliphatic rings. The number of H-pyrrole nitrogens is 2. The van der Waals surface area contributed by atoms with Crippen LogP contribution in [0.25, 0.3) is 44.8 Å². The van der Waals surface area contributed by atoms with Crippen molar-refractivity contribution in [1.29, 1.82) is 0 Å². The van der Waals surface area contributed by atoms with Crippen molar-refractivity contribution in [2.24, 2.45) is 7.05 Å². The lowest BCUT2D eigenvalue weighted by molar-refractivity contribution is 0.960. The molecule has 0 atom stereocenters. The van der Waals surface area contributed by atoms with Gasteiger partial charge in [-0.1, -0.05) is 6.07 Å². The van der Waals surface area contributed by atoms with Gasteiger partial charge in [0.1, 0.15) is 11.2 Å². The Morgan fingerprint density at radius 3 is 2.20 bits per heavy atom. The van der Waals surface area contributed by atoms with Gasteiger partial charge in [0.25, 0.3) is 0 Å². The predicted molar refractivity (Wildman–Crippen MR) is 176 cm³/mol. The van der Waals surface area contributed by atoms with Crippen molar-refractivity contribution < 1.29 is 0 Å². The first kappa shape index (κ1) is 29.8. The molecular formula is C29H37N15. The summed E-state index contributed by atoms with van der Waals surface area (Å²) < 4.78 is 1.88. The van der Waals surface area contributed by atoms with Crippen LogP contribution in [0.5, 0.6) is 0 Å². The summed E-state index contributed by atoms with van der Waals surface area (Å²) in [6.45, 7) is 4.06. The van der Waals surface area contributed by atoms with E-state index >= 15 is 0 Å². The molecule has 0 aromatic carbocycles. The molecule has 0 saturated heterocycles. The van der Waals surface area contributed by atoms with E-state index in [0.717, 1.165) is 61.9 Å². The topological polar surface area (TPSA) is 197 Å². The molecule has 3 aromatic rings. The number of aromatic nitrogens is 10. The number of aryl methyl sites for hydroxylation is 3. The Morgan fingerprint density at radius 2 is 1.59 bits per heavy atom. The van der Waals surface area contributed by atoms with Crippen molar-refractivity contribution >= 4 is 51.8 Å². The maximum atomic E-state index is 5.87. The molecule has 15 nitrogen and oxygen atoms in total. The summed E-state index contributed by atoms with van der Waals surface area (Å²) >= 11 is 0. The van der Waals surface area contributed by atoms with E-state index in [1.165, 1.54) is 0 Å². The van der Waals surface area contributed by atoms with Crippen LogP contribution in [-0.4, -0.2) is 84.7 Å². The van der Waals surface area contributed by atoms with E-state index in [4.69, 9.17) is 11.5 Å². The van der Waals surface area contributed by atoms with Crippen LogP contribution in [0.15, 0.2) is 36.7 Å². The van der Waals surface area contributed by atoms with Gasteiger partial charge in [0, 0.05) is 60.2 Å². The van der Waals surface area contributed by atoms with Crippen LogP contribution in [0.4, 0.5) is 29.7 Å². The zero-order chi connectivity index (χ0) is 31.7. The van der Waals surface area contributed by atoms with E-state index in [1.807, 2.05) is 94.8 Å². The molecule has 2 aliphatic heterocycles. The molecule has 44 heavy (non-hydrogen) atoms. The zero-order valence-corrected chi connectivity index (χ0v) is 26.1. The third kappa shape index (κ3) is 5.66. The number of nitrogens with two attached hydrogens (primary N) is 2. The Bertz CT molecular complexity index is 1970. The standard InChI is InChI=1S/2C13H16N6.C3H5N3/c1-7-10-8(16-13(17-10)18(2)3)5-6-9-11(7)19(4)12(14)15-9;1-7-5-6-8-10(18-13(15-8)19(3)4)11-9(7)16-12(14-2)17-11;4-3-5-1-2-6-3/h5-6H,1-4H3,(H2,14,15);5-6H,1-4H3,(H,15,18)(H,14,16,17);1-2H,(H3,4,5,6). The van der Waals surface area contributed by atoms with Gasteiger partial charge in [0.15, 0.2) is 5.95 Å². The van der Waals surface area contributed by atoms with Crippen molar-refractivity contribution in [3.05, 3.63) is 47.8 Å². The average molecular weight is 596 g/mol. The van der Waals surface area contributed by atoms with Gasteiger partial charge < -0.3 is 41.1 Å². The van der Waals surface area contributed by atoms with E-state index < -0.39 is 0 Å². The van der Waals surface area contributed by atoms with Gasteiger partial charge in [-0.3, -0.25) is 0 Å². The van der Waals surface area contributed by atoms with E-state index in [-0.39, 0.29) is 0 Å². The Morgan fingerprint density at radius 1 is 0.841 bits per heavy atom. The number of nitrogens with one attached hydrogen (secondary N) is 3. The summed E-state index contributed by atoms with van der Waals surface area (Å²) in [5, 5.41) is 2.98. The van der Waals surface area contributed by atoms with Gasteiger partial charge >= 0.3 is 0 Å². The van der Waals surface area contributed by atoms with Crippen molar-refractivity contribution in [2.75, 3.05) is 61.8 Å². The molecule has 15 heteroatoms. The fraction of sp³-hybridized carbons (Fsp3) is 0.276. The van der Waals surface area contributed by atoms with Gasteiger partial charge in [-0.2, -0.15) is 0 Å². The van der Waals surface area contributed by atoms with Gasteiger partial charge in [-0.15, -0.1) is 0 Å². The summed E-state index contributed by atoms with van der Waals surface area (Å²) in [6, 6.07) is 7.94. The Kier molecular flexibility index (Phi) is 8.03. The van der Waals surface area contributed by atoms with Crippen LogP contribution in [0.3, 0.4) is 0 Å². The third-order valence-electron chi connectivity index (χ3n) is 6.98. The molecule has 0 bridgehead atoms. The summed E-state index contributed by atoms with van der Waals surface area (Å²) in [7, 11) is 11.5. The molecule has 0 radical (unpaired) electrons. The number of imidazole rings is 5. The number of rotatable bonds is 3. The maximum absolute atomic E-state index is 5.87. The first-order chi connectivity index (χ1) is 21.0. The van der Waals surface area contributed by atoms with Crippen LogP contribution < -0.4 is 26.6 Å². The normalized spacial score (nSPS) is 10.9. The minimum Gasteiger partial charge on any atom is -0.369 e. The van der Waals surface area contributed by atoms with E-state index in [9.17, 15) is 0 Å². The number of anilines is 5.